The molecule has 12 heteroatoms. The number of carbonyl (C=O) groups is 2. The maximum atomic E-state index is 14.8. The molecular weight excluding hydrogens is 477 g/mol. The van der Waals surface area contributed by atoms with Crippen molar-refractivity contribution in [1.29, 1.82) is 0 Å². The van der Waals surface area contributed by atoms with Gasteiger partial charge in [-0.2, -0.15) is 0 Å². The lowest BCUT2D eigenvalue weighted by Gasteiger charge is -2.27. The van der Waals surface area contributed by atoms with Gasteiger partial charge in [0.1, 0.15) is 21.8 Å². The first-order valence-electron chi connectivity index (χ1n) is 10.2. The van der Waals surface area contributed by atoms with Crippen molar-refractivity contribution >= 4 is 56.4 Å². The van der Waals surface area contributed by atoms with E-state index < -0.39 is 17.8 Å². The summed E-state index contributed by atoms with van der Waals surface area (Å²) in [5, 5.41) is 5.93. The molecule has 35 heavy (non-hydrogen) atoms. The molecule has 0 radical (unpaired) electrons. The highest BCUT2D eigenvalue weighted by Gasteiger charge is 2.35. The lowest BCUT2D eigenvalue weighted by molar-refractivity contribution is 0.103. The van der Waals surface area contributed by atoms with Gasteiger partial charge in [0.05, 0.1) is 38.1 Å². The van der Waals surface area contributed by atoms with Crippen molar-refractivity contribution in [3.8, 4) is 17.2 Å². The number of hydrogen-bond acceptors (Lipinski definition) is 8. The van der Waals surface area contributed by atoms with Crippen LogP contribution in [0, 0.1) is 5.82 Å². The third kappa shape index (κ3) is 3.73. The van der Waals surface area contributed by atoms with Crippen LogP contribution < -0.4 is 29.7 Å². The molecule has 0 aliphatic carbocycles. The fraction of sp³-hybridized carbons (Fsp3) is 0.130. The van der Waals surface area contributed by atoms with Crippen LogP contribution in [0.2, 0.25) is 0 Å². The van der Waals surface area contributed by atoms with Gasteiger partial charge in [-0.05, 0) is 24.3 Å². The summed E-state index contributed by atoms with van der Waals surface area (Å²) in [6, 6.07) is 8.41. The van der Waals surface area contributed by atoms with Gasteiger partial charge in [0.2, 0.25) is 0 Å². The number of methoxy groups -OCH3 is 3. The van der Waals surface area contributed by atoms with Gasteiger partial charge in [-0.15, -0.1) is 11.3 Å². The fourth-order valence-electron chi connectivity index (χ4n) is 3.75. The molecule has 0 fully saturated rings. The topological polar surface area (TPSA) is 115 Å². The average Bonchev–Trinajstić information content (AvgIpc) is 3.24. The van der Waals surface area contributed by atoms with Crippen molar-refractivity contribution < 1.29 is 28.2 Å². The van der Waals surface area contributed by atoms with E-state index in [1.54, 1.807) is 18.2 Å². The molecule has 2 aromatic heterocycles. The minimum Gasteiger partial charge on any atom is -0.497 e. The van der Waals surface area contributed by atoms with Crippen LogP contribution in [0.4, 0.5) is 32.1 Å². The molecule has 3 heterocycles. The molecule has 5 rings (SSSR count). The molecule has 4 aromatic rings. The highest BCUT2D eigenvalue weighted by Crippen LogP contribution is 2.45. The van der Waals surface area contributed by atoms with E-state index in [4.69, 9.17) is 14.2 Å². The van der Waals surface area contributed by atoms with Crippen LogP contribution in [0.5, 0.6) is 17.2 Å². The summed E-state index contributed by atoms with van der Waals surface area (Å²) in [6.45, 7) is 0. The zero-order valence-electron chi connectivity index (χ0n) is 18.7. The Hall–Kier alpha value is -4.45. The van der Waals surface area contributed by atoms with Gasteiger partial charge in [-0.1, -0.05) is 0 Å². The van der Waals surface area contributed by atoms with Gasteiger partial charge in [-0.3, -0.25) is 4.79 Å². The second kappa shape index (κ2) is 8.72. The Kier molecular flexibility index (Phi) is 5.57. The third-order valence-electron chi connectivity index (χ3n) is 5.36. The minimum atomic E-state index is -0.670. The molecule has 10 nitrogen and oxygen atoms in total. The molecule has 0 unspecified atom stereocenters. The number of aromatic nitrogens is 2. The van der Waals surface area contributed by atoms with Gasteiger partial charge < -0.3 is 24.8 Å². The Balaban J connectivity index is 1.55. The molecule has 3 amide bonds. The number of rotatable bonds is 6. The monoisotopic (exact) mass is 495 g/mol. The normalized spacial score (nSPS) is 12.3. The van der Waals surface area contributed by atoms with Crippen molar-refractivity contribution in [3.63, 3.8) is 0 Å². The largest absolute Gasteiger partial charge is 0.497 e. The second-order valence-corrected chi connectivity index (χ2v) is 8.29. The Labute approximate surface area is 202 Å². The van der Waals surface area contributed by atoms with Crippen molar-refractivity contribution in [2.75, 3.05) is 36.9 Å². The van der Waals surface area contributed by atoms with Gasteiger partial charge in [0.25, 0.3) is 5.91 Å². The van der Waals surface area contributed by atoms with Crippen molar-refractivity contribution in [1.82, 2.24) is 9.97 Å². The van der Waals surface area contributed by atoms with Crippen molar-refractivity contribution in [2.24, 2.45) is 0 Å². The number of ether oxygens (including phenoxy) is 3. The van der Waals surface area contributed by atoms with E-state index in [2.05, 4.69) is 20.6 Å². The summed E-state index contributed by atoms with van der Waals surface area (Å²) >= 11 is 1.08. The van der Waals surface area contributed by atoms with Gasteiger partial charge in [0, 0.05) is 17.8 Å². The Bertz CT molecular complexity index is 1490. The Morgan fingerprint density at radius 2 is 1.86 bits per heavy atom. The van der Waals surface area contributed by atoms with E-state index in [0.29, 0.717) is 33.2 Å². The number of thiophene rings is 1. The first-order valence-corrected chi connectivity index (χ1v) is 11.0. The number of nitrogens with one attached hydrogen (secondary N) is 2. The van der Waals surface area contributed by atoms with E-state index in [1.807, 2.05) is 0 Å². The van der Waals surface area contributed by atoms with Crippen LogP contribution in [-0.2, 0) is 0 Å². The second-order valence-electron chi connectivity index (χ2n) is 7.29. The van der Waals surface area contributed by atoms with Gasteiger partial charge in [-0.25, -0.2) is 24.1 Å². The standard InChI is InChI=1S/C23H18FN5O5S/c1-32-12-5-6-14(13(24)9-12)29-20-17-18(28-23(29)31)19(35-22(17)26-10-25-20)21(30)27-11-4-7-15(33-2)16(8-11)34-3/h4-10H,1-3H3,(H,27,30)(H,28,31). The maximum absolute atomic E-state index is 14.8. The summed E-state index contributed by atoms with van der Waals surface area (Å²) in [6.07, 6.45) is 1.26. The van der Waals surface area contributed by atoms with Crippen molar-refractivity contribution in [2.45, 2.75) is 0 Å². The van der Waals surface area contributed by atoms with E-state index in [9.17, 15) is 14.0 Å². The SMILES string of the molecule is COc1ccc(N2C(=O)Nc3c(C(=O)Nc4ccc(OC)c(OC)c4)sc4ncnc2c34)c(F)c1. The summed E-state index contributed by atoms with van der Waals surface area (Å²) < 4.78 is 30.4. The summed E-state index contributed by atoms with van der Waals surface area (Å²) in [5.74, 6) is 0.296. The van der Waals surface area contributed by atoms with E-state index >= 15 is 0 Å². The first kappa shape index (κ1) is 22.3. The molecule has 0 saturated carbocycles. The van der Waals surface area contributed by atoms with E-state index in [1.165, 1.54) is 45.9 Å². The molecule has 178 valence electrons. The Morgan fingerprint density at radius 1 is 1.06 bits per heavy atom. The van der Waals surface area contributed by atoms with E-state index in [-0.39, 0.29) is 22.1 Å². The molecule has 0 spiro atoms. The molecular formula is C23H18FN5O5S. The van der Waals surface area contributed by atoms with E-state index in [0.717, 1.165) is 16.2 Å². The smallest absolute Gasteiger partial charge is 0.332 e. The average molecular weight is 495 g/mol. The molecule has 0 saturated heterocycles. The van der Waals surface area contributed by atoms with Crippen LogP contribution in [0.3, 0.4) is 0 Å². The van der Waals surface area contributed by atoms with Gasteiger partial charge in [0.15, 0.2) is 23.1 Å². The molecule has 2 N–H and O–H groups in total. The number of carbonyl (C=O) groups excluding carboxylic acids is 2. The molecule has 2 aromatic carbocycles. The highest BCUT2D eigenvalue weighted by atomic mass is 32.1. The van der Waals surface area contributed by atoms with Crippen LogP contribution in [0.15, 0.2) is 42.7 Å². The predicted molar refractivity (Wildman–Crippen MR) is 129 cm³/mol. The Morgan fingerprint density at radius 3 is 2.57 bits per heavy atom. The number of halogens is 1. The quantitative estimate of drug-likeness (QED) is 0.395. The van der Waals surface area contributed by atoms with Crippen LogP contribution in [0.1, 0.15) is 9.67 Å². The van der Waals surface area contributed by atoms with Crippen molar-refractivity contribution in [3.05, 3.63) is 53.4 Å². The summed E-state index contributed by atoms with van der Waals surface area (Å²) in [4.78, 5) is 36.5. The maximum Gasteiger partial charge on any atom is 0.332 e. The number of hydrogen-bond donors (Lipinski definition) is 2. The lowest BCUT2D eigenvalue weighted by atomic mass is 10.2. The number of urea groups is 1. The number of anilines is 4. The number of amides is 3. The number of benzene rings is 2. The molecule has 1 aliphatic heterocycles. The van der Waals surface area contributed by atoms with Crippen LogP contribution in [0.25, 0.3) is 10.2 Å². The molecule has 0 bridgehead atoms. The van der Waals surface area contributed by atoms with Gasteiger partial charge >= 0.3 is 6.03 Å². The third-order valence-corrected chi connectivity index (χ3v) is 6.46. The predicted octanol–water partition coefficient (Wildman–Crippen LogP) is 4.79. The van der Waals surface area contributed by atoms with Crippen LogP contribution in [-0.4, -0.2) is 43.2 Å². The number of nitrogens with zero attached hydrogens (tertiary/aromatic N) is 3. The minimum absolute atomic E-state index is 0.0171. The molecule has 0 atom stereocenters. The lowest BCUT2D eigenvalue weighted by Crippen LogP contribution is -2.35. The fourth-order valence-corrected chi connectivity index (χ4v) is 4.73. The summed E-state index contributed by atoms with van der Waals surface area (Å²) in [5.41, 5.74) is 0.706. The zero-order valence-corrected chi connectivity index (χ0v) is 19.5. The zero-order chi connectivity index (χ0) is 24.7. The summed E-state index contributed by atoms with van der Waals surface area (Å²) in [7, 11) is 4.43. The first-order chi connectivity index (χ1) is 16.9. The molecule has 1 aliphatic rings. The van der Waals surface area contributed by atoms with Crippen LogP contribution >= 0.6 is 11.3 Å². The highest BCUT2D eigenvalue weighted by molar-refractivity contribution is 7.21.